The van der Waals surface area contributed by atoms with E-state index in [1.165, 1.54) is 11.1 Å². The third-order valence-electron chi connectivity index (χ3n) is 14.5. The first kappa shape index (κ1) is 39.8. The number of nitrogens with zero attached hydrogens (tertiary/aromatic N) is 2. The van der Waals surface area contributed by atoms with E-state index < -0.39 is 7.12 Å². The molecule has 1 aromatic heterocycles. The zero-order chi connectivity index (χ0) is 41.6. The van der Waals surface area contributed by atoms with Crippen molar-refractivity contribution in [3.63, 3.8) is 0 Å². The third-order valence-corrected chi connectivity index (χ3v) is 14.5. The van der Waals surface area contributed by atoms with Gasteiger partial charge in [0.2, 0.25) is 5.91 Å². The predicted molar refractivity (Wildman–Crippen MR) is 237 cm³/mol. The first-order valence-corrected chi connectivity index (χ1v) is 22.3. The molecule has 6 N–H and O–H groups in total. The van der Waals surface area contributed by atoms with Crippen LogP contribution in [0.4, 0.5) is 5.69 Å². The molecule has 0 radical (unpaired) electrons. The fourth-order valence-corrected chi connectivity index (χ4v) is 11.1. The number of likely N-dealkylation sites (tertiary alicyclic amines) is 2. The molecule has 314 valence electrons. The summed E-state index contributed by atoms with van der Waals surface area (Å²) in [7, 11) is -0.549. The number of nitrogens with two attached hydrogens (primary N) is 2. The van der Waals surface area contributed by atoms with Gasteiger partial charge in [-0.1, -0.05) is 66.7 Å². The number of hydrogen-bond donors (Lipinski definition) is 4. The number of benzene rings is 4. The van der Waals surface area contributed by atoms with Crippen molar-refractivity contribution in [3.05, 3.63) is 131 Å². The van der Waals surface area contributed by atoms with E-state index in [1.54, 1.807) is 0 Å². The standard InChI is InChI=1S/C49H55BN6O5/c51-28-30-4-1-6-34(22-30)32-14-18-55(19-15-32)48(58)38-8-3-9-40(24-38)53-47(57)42-25-37-11-13-41(42)46-45(37)60-50(61-46)39-12-10-36-26-44(54-43(36)27-39)49(59)56-20-16-33(17-21-56)35-7-2-5-31(23-35)29-52/h1-10,12,22-24,26-27,32-33,37,41-42,45-46,54H,11,13-21,25,28-29,51-52H2,(H,53,57)/t37?,41?,42-,45?,46?/m0/s1. The SMILES string of the molecule is NCc1cccc(C2CCN(C(=O)c3cccc(NC(=O)[C@H]4CC5CCC4C4OB(c6ccc7cc(C(=O)N8CCC(c9cccc(CN)c9)CC8)[nH]c7c6)OC54)c3)CC2)c1. The molecule has 3 saturated heterocycles. The van der Waals surface area contributed by atoms with Crippen LogP contribution in [0.25, 0.3) is 10.9 Å². The minimum atomic E-state index is -0.549. The van der Waals surface area contributed by atoms with Crippen LogP contribution in [0.15, 0.2) is 97.1 Å². The average molecular weight is 819 g/mol. The highest BCUT2D eigenvalue weighted by atomic mass is 16.7. The lowest BCUT2D eigenvalue weighted by molar-refractivity contribution is -0.132. The first-order valence-electron chi connectivity index (χ1n) is 22.3. The Kier molecular flexibility index (Phi) is 11.0. The number of rotatable bonds is 9. The Balaban J connectivity index is 0.750. The highest BCUT2D eigenvalue weighted by Crippen LogP contribution is 2.50. The normalized spacial score (nSPS) is 24.3. The lowest BCUT2D eigenvalue weighted by Crippen LogP contribution is -2.53. The molecule has 4 heterocycles. The van der Waals surface area contributed by atoms with Gasteiger partial charge >= 0.3 is 7.12 Å². The zero-order valence-corrected chi connectivity index (χ0v) is 34.6. The van der Waals surface area contributed by atoms with Gasteiger partial charge in [0.05, 0.1) is 12.2 Å². The lowest BCUT2D eigenvalue weighted by atomic mass is 9.61. The van der Waals surface area contributed by atoms with Crippen LogP contribution in [0.3, 0.4) is 0 Å². The van der Waals surface area contributed by atoms with Gasteiger partial charge in [-0.15, -0.1) is 0 Å². The van der Waals surface area contributed by atoms with Gasteiger partial charge in [-0.25, -0.2) is 0 Å². The van der Waals surface area contributed by atoms with E-state index in [4.69, 9.17) is 20.8 Å². The van der Waals surface area contributed by atoms with Gasteiger partial charge in [-0.05, 0) is 127 Å². The number of hydrogen-bond acceptors (Lipinski definition) is 7. The van der Waals surface area contributed by atoms with Crippen molar-refractivity contribution in [2.45, 2.75) is 82.1 Å². The number of carbonyl (C=O) groups is 3. The molecular formula is C49H55BN6O5. The van der Waals surface area contributed by atoms with E-state index in [-0.39, 0.29) is 47.7 Å². The Morgan fingerprint density at radius 2 is 1.33 bits per heavy atom. The van der Waals surface area contributed by atoms with Gasteiger partial charge in [0, 0.05) is 67.3 Å². The molecule has 3 aliphatic carbocycles. The Bertz CT molecular complexity index is 2440. The van der Waals surface area contributed by atoms with Gasteiger partial charge in [0.15, 0.2) is 0 Å². The van der Waals surface area contributed by atoms with Crippen molar-refractivity contribution in [2.75, 3.05) is 31.5 Å². The summed E-state index contributed by atoms with van der Waals surface area (Å²) >= 11 is 0. The summed E-state index contributed by atoms with van der Waals surface area (Å²) in [6.45, 7) is 3.86. The van der Waals surface area contributed by atoms with Gasteiger partial charge in [-0.3, -0.25) is 14.4 Å². The molecule has 6 fully saturated rings. The van der Waals surface area contributed by atoms with Crippen LogP contribution < -0.4 is 22.2 Å². The Labute approximate surface area is 357 Å². The monoisotopic (exact) mass is 818 g/mol. The number of aromatic amines is 1. The number of carbonyl (C=O) groups excluding carboxylic acids is 3. The summed E-state index contributed by atoms with van der Waals surface area (Å²) < 4.78 is 13.3. The van der Waals surface area contributed by atoms with Gasteiger partial charge in [-0.2, -0.15) is 0 Å². The van der Waals surface area contributed by atoms with Gasteiger partial charge in [0.1, 0.15) is 5.69 Å². The van der Waals surface area contributed by atoms with E-state index in [2.05, 4.69) is 58.8 Å². The highest BCUT2D eigenvalue weighted by Gasteiger charge is 2.57. The van der Waals surface area contributed by atoms with E-state index >= 15 is 0 Å². The van der Waals surface area contributed by atoms with E-state index in [1.807, 2.05) is 58.3 Å². The van der Waals surface area contributed by atoms with Crippen molar-refractivity contribution in [3.8, 4) is 0 Å². The fourth-order valence-electron chi connectivity index (χ4n) is 11.1. The molecule has 6 aliphatic rings. The fraction of sp³-hybridized carbons (Fsp3) is 0.408. The molecule has 4 aromatic carbocycles. The molecule has 4 unspecified atom stereocenters. The molecule has 2 bridgehead atoms. The molecule has 5 aromatic rings. The second-order valence-electron chi connectivity index (χ2n) is 18.0. The summed E-state index contributed by atoms with van der Waals surface area (Å²) in [5.41, 5.74) is 20.2. The Hall–Kier alpha value is -5.27. The number of nitrogens with one attached hydrogen (secondary N) is 2. The largest absolute Gasteiger partial charge is 0.494 e. The third kappa shape index (κ3) is 7.91. The maximum atomic E-state index is 14.0. The van der Waals surface area contributed by atoms with E-state index in [9.17, 15) is 14.4 Å². The second-order valence-corrected chi connectivity index (χ2v) is 18.0. The second kappa shape index (κ2) is 16.9. The van der Waals surface area contributed by atoms with Crippen molar-refractivity contribution in [1.29, 1.82) is 0 Å². The number of fused-ring (bicyclic) bond motifs is 3. The average Bonchev–Trinajstić information content (AvgIpc) is 3.98. The van der Waals surface area contributed by atoms with Crippen LogP contribution >= 0.6 is 0 Å². The summed E-state index contributed by atoms with van der Waals surface area (Å²) in [5, 5.41) is 4.14. The van der Waals surface area contributed by atoms with Crippen LogP contribution in [0, 0.1) is 17.8 Å². The van der Waals surface area contributed by atoms with Gasteiger partial charge in [0.25, 0.3) is 11.8 Å². The summed E-state index contributed by atoms with van der Waals surface area (Å²) in [4.78, 5) is 48.6. The molecule has 3 aliphatic heterocycles. The first-order chi connectivity index (χ1) is 29.8. The molecule has 0 spiro atoms. The van der Waals surface area contributed by atoms with Crippen LogP contribution in [0.1, 0.15) is 99.9 Å². The zero-order valence-electron chi connectivity index (χ0n) is 34.6. The highest BCUT2D eigenvalue weighted by molar-refractivity contribution is 6.62. The smallest absolute Gasteiger partial charge is 0.402 e. The topological polar surface area (TPSA) is 156 Å². The quantitative estimate of drug-likeness (QED) is 0.128. The molecule has 3 amide bonds. The van der Waals surface area contributed by atoms with Gasteiger partial charge < -0.3 is 40.9 Å². The minimum Gasteiger partial charge on any atom is -0.402 e. The summed E-state index contributed by atoms with van der Waals surface area (Å²) in [5.74, 6) is 0.868. The number of anilines is 1. The van der Waals surface area contributed by atoms with Crippen molar-refractivity contribution < 1.29 is 23.7 Å². The molecule has 5 atom stereocenters. The van der Waals surface area contributed by atoms with E-state index in [0.717, 1.165) is 72.4 Å². The van der Waals surface area contributed by atoms with Crippen LogP contribution in [0.2, 0.25) is 0 Å². The van der Waals surface area contributed by atoms with Crippen molar-refractivity contribution >= 4 is 46.9 Å². The molecular weight excluding hydrogens is 763 g/mol. The van der Waals surface area contributed by atoms with E-state index in [0.29, 0.717) is 68.0 Å². The number of H-pyrrole nitrogens is 1. The maximum Gasteiger partial charge on any atom is 0.494 e. The molecule has 12 heteroatoms. The molecule has 3 saturated carbocycles. The van der Waals surface area contributed by atoms with Crippen LogP contribution in [0.5, 0.6) is 0 Å². The summed E-state index contributed by atoms with van der Waals surface area (Å²) in [6.07, 6.45) is 6.07. The molecule has 11 rings (SSSR count). The van der Waals surface area contributed by atoms with Crippen molar-refractivity contribution in [2.24, 2.45) is 29.2 Å². The van der Waals surface area contributed by atoms with Crippen LogP contribution in [-0.2, 0) is 27.2 Å². The molecule has 61 heavy (non-hydrogen) atoms. The minimum absolute atomic E-state index is 0.00543. The van der Waals surface area contributed by atoms with Crippen LogP contribution in [-0.4, -0.2) is 78.0 Å². The maximum absolute atomic E-state index is 14.0. The number of amides is 3. The summed E-state index contributed by atoms with van der Waals surface area (Å²) in [6, 6.07) is 32.4. The Morgan fingerprint density at radius 3 is 2.00 bits per heavy atom. The predicted octanol–water partition coefficient (Wildman–Crippen LogP) is 6.29. The number of aromatic nitrogens is 1. The molecule has 11 nitrogen and oxygen atoms in total. The lowest BCUT2D eigenvalue weighted by Gasteiger charge is -2.48. The van der Waals surface area contributed by atoms with Crippen molar-refractivity contribution in [1.82, 2.24) is 14.8 Å². The Morgan fingerprint density at radius 1 is 0.689 bits per heavy atom. The number of piperidine rings is 2.